The van der Waals surface area contributed by atoms with Gasteiger partial charge < -0.3 is 10.2 Å². The van der Waals surface area contributed by atoms with Gasteiger partial charge in [-0.2, -0.15) is 13.2 Å². The molecule has 0 spiro atoms. The number of nitrogens with one attached hydrogen (secondary N) is 2. The summed E-state index contributed by atoms with van der Waals surface area (Å²) < 4.78 is 40.5. The lowest BCUT2D eigenvalue weighted by atomic mass is 9.86. The maximum Gasteiger partial charge on any atom is 0.416 e. The Morgan fingerprint density at radius 2 is 1.93 bits per heavy atom. The SMILES string of the molecule is C[C@H]1CCCC[C@@H]1NC(=O)C[NH+]1CCC(n2nnc3cc(C(F)(F)F)ccc32)CC1. The van der Waals surface area contributed by atoms with E-state index < -0.39 is 11.7 Å². The van der Waals surface area contributed by atoms with Crippen molar-refractivity contribution in [2.75, 3.05) is 19.6 Å². The molecule has 2 N–H and O–H groups in total. The molecule has 2 fully saturated rings. The third kappa shape index (κ3) is 4.61. The standard InChI is InChI=1S/C21H28F3N5O/c1-14-4-2-3-5-17(14)25-20(30)13-28-10-8-16(9-11-28)29-19-7-6-15(21(22,23)24)12-18(19)26-27-29/h6-7,12,14,16-17H,2-5,8-11,13H2,1H3,(H,25,30)/p+1/t14-,17-/m0/s1. The number of piperidine rings is 1. The van der Waals surface area contributed by atoms with Gasteiger partial charge in [0, 0.05) is 18.9 Å². The van der Waals surface area contributed by atoms with E-state index in [9.17, 15) is 18.0 Å². The summed E-state index contributed by atoms with van der Waals surface area (Å²) in [4.78, 5) is 13.7. The highest BCUT2D eigenvalue weighted by Crippen LogP contribution is 2.31. The molecule has 2 aromatic rings. The zero-order valence-electron chi connectivity index (χ0n) is 17.2. The topological polar surface area (TPSA) is 64.2 Å². The second kappa shape index (κ2) is 8.53. The zero-order chi connectivity index (χ0) is 21.3. The second-order valence-electron chi connectivity index (χ2n) is 8.83. The van der Waals surface area contributed by atoms with Crippen LogP contribution in [0.15, 0.2) is 18.2 Å². The van der Waals surface area contributed by atoms with Gasteiger partial charge in [0.25, 0.3) is 5.91 Å². The Balaban J connectivity index is 1.33. The minimum Gasteiger partial charge on any atom is -0.348 e. The summed E-state index contributed by atoms with van der Waals surface area (Å²) in [6, 6.07) is 3.98. The Morgan fingerprint density at radius 1 is 1.20 bits per heavy atom. The van der Waals surface area contributed by atoms with Crippen LogP contribution in [0.2, 0.25) is 0 Å². The number of nitrogens with zero attached hydrogens (tertiary/aromatic N) is 3. The number of alkyl halides is 3. The van der Waals surface area contributed by atoms with Gasteiger partial charge in [-0.1, -0.05) is 25.0 Å². The van der Waals surface area contributed by atoms with Crippen molar-refractivity contribution < 1.29 is 22.9 Å². The lowest BCUT2D eigenvalue weighted by Crippen LogP contribution is -3.14. The number of amides is 1. The van der Waals surface area contributed by atoms with Gasteiger partial charge >= 0.3 is 6.18 Å². The third-order valence-electron chi connectivity index (χ3n) is 6.67. The van der Waals surface area contributed by atoms with Crippen LogP contribution in [0, 0.1) is 5.92 Å². The smallest absolute Gasteiger partial charge is 0.348 e. The van der Waals surface area contributed by atoms with Gasteiger partial charge in [-0.25, -0.2) is 4.68 Å². The van der Waals surface area contributed by atoms with Crippen molar-refractivity contribution in [1.82, 2.24) is 20.3 Å². The number of benzene rings is 1. The molecule has 9 heteroatoms. The van der Waals surface area contributed by atoms with Gasteiger partial charge in [0.2, 0.25) is 0 Å². The summed E-state index contributed by atoms with van der Waals surface area (Å²) in [6.45, 7) is 4.35. The molecule has 6 nitrogen and oxygen atoms in total. The van der Waals surface area contributed by atoms with Gasteiger partial charge in [0.1, 0.15) is 5.52 Å². The van der Waals surface area contributed by atoms with Crippen LogP contribution in [0.1, 0.15) is 57.1 Å². The summed E-state index contributed by atoms with van der Waals surface area (Å²) in [5, 5.41) is 11.3. The highest BCUT2D eigenvalue weighted by Gasteiger charge is 2.32. The fourth-order valence-electron chi connectivity index (χ4n) is 4.84. The molecule has 2 heterocycles. The van der Waals surface area contributed by atoms with Crippen LogP contribution < -0.4 is 10.2 Å². The highest BCUT2D eigenvalue weighted by molar-refractivity contribution is 5.77. The molecule has 1 saturated heterocycles. The van der Waals surface area contributed by atoms with Gasteiger partial charge in [-0.3, -0.25) is 4.79 Å². The van der Waals surface area contributed by atoms with Crippen molar-refractivity contribution >= 4 is 16.9 Å². The van der Waals surface area contributed by atoms with E-state index in [2.05, 4.69) is 22.6 Å². The Bertz CT molecular complexity index is 888. The molecule has 4 rings (SSSR count). The molecule has 0 unspecified atom stereocenters. The van der Waals surface area contributed by atoms with Crippen LogP contribution >= 0.6 is 0 Å². The summed E-state index contributed by atoms with van der Waals surface area (Å²) in [5.41, 5.74) is 0.181. The van der Waals surface area contributed by atoms with E-state index in [0.29, 0.717) is 24.0 Å². The van der Waals surface area contributed by atoms with Crippen LogP contribution in [-0.2, 0) is 11.0 Å². The minimum atomic E-state index is -4.39. The highest BCUT2D eigenvalue weighted by atomic mass is 19.4. The van der Waals surface area contributed by atoms with Crippen molar-refractivity contribution in [3.05, 3.63) is 23.8 Å². The van der Waals surface area contributed by atoms with Crippen molar-refractivity contribution in [2.45, 2.75) is 63.7 Å². The molecule has 1 aromatic carbocycles. The van der Waals surface area contributed by atoms with Gasteiger partial charge in [0.05, 0.1) is 30.2 Å². The Labute approximate surface area is 173 Å². The van der Waals surface area contributed by atoms with E-state index in [1.165, 1.54) is 30.2 Å². The van der Waals surface area contributed by atoms with Gasteiger partial charge in [0.15, 0.2) is 6.54 Å². The predicted molar refractivity (Wildman–Crippen MR) is 106 cm³/mol. The Kier molecular flexibility index (Phi) is 5.99. The van der Waals surface area contributed by atoms with E-state index in [0.717, 1.165) is 44.5 Å². The zero-order valence-corrected chi connectivity index (χ0v) is 17.2. The summed E-state index contributed by atoms with van der Waals surface area (Å²) in [6.07, 6.45) is 1.94. The number of aromatic nitrogens is 3. The first kappa shape index (κ1) is 21.1. The van der Waals surface area contributed by atoms with Gasteiger partial charge in [-0.05, 0) is 37.0 Å². The fraction of sp³-hybridized carbons (Fsp3) is 0.667. The van der Waals surface area contributed by atoms with Crippen molar-refractivity contribution in [3.8, 4) is 0 Å². The second-order valence-corrected chi connectivity index (χ2v) is 8.83. The molecule has 164 valence electrons. The molecular weight excluding hydrogens is 395 g/mol. The van der Waals surface area contributed by atoms with E-state index >= 15 is 0 Å². The van der Waals surface area contributed by atoms with Crippen molar-refractivity contribution in [3.63, 3.8) is 0 Å². The van der Waals surface area contributed by atoms with Crippen LogP contribution in [0.4, 0.5) is 13.2 Å². The summed E-state index contributed by atoms with van der Waals surface area (Å²) in [7, 11) is 0. The van der Waals surface area contributed by atoms with Crippen LogP contribution in [0.3, 0.4) is 0 Å². The molecule has 1 aliphatic heterocycles. The molecule has 1 amide bonds. The number of carbonyl (C=O) groups excluding carboxylic acids is 1. The number of fused-ring (bicyclic) bond motifs is 1. The van der Waals surface area contributed by atoms with Crippen LogP contribution in [0.25, 0.3) is 11.0 Å². The maximum atomic E-state index is 12.9. The predicted octanol–water partition coefficient (Wildman–Crippen LogP) is 2.36. The van der Waals surface area contributed by atoms with Crippen molar-refractivity contribution in [1.29, 1.82) is 0 Å². The minimum absolute atomic E-state index is 0.0944. The Morgan fingerprint density at radius 3 is 2.63 bits per heavy atom. The summed E-state index contributed by atoms with van der Waals surface area (Å²) >= 11 is 0. The van der Waals surface area contributed by atoms with Crippen molar-refractivity contribution in [2.24, 2.45) is 5.92 Å². The van der Waals surface area contributed by atoms with E-state index in [4.69, 9.17) is 0 Å². The number of hydrogen-bond donors (Lipinski definition) is 2. The first-order valence-electron chi connectivity index (χ1n) is 10.9. The van der Waals surface area contributed by atoms with Crippen LogP contribution in [0.5, 0.6) is 0 Å². The van der Waals surface area contributed by atoms with Crippen LogP contribution in [-0.4, -0.2) is 46.6 Å². The number of rotatable bonds is 4. The normalized spacial score (nSPS) is 27.9. The number of hydrogen-bond acceptors (Lipinski definition) is 3. The third-order valence-corrected chi connectivity index (χ3v) is 6.67. The fourth-order valence-corrected chi connectivity index (χ4v) is 4.84. The first-order chi connectivity index (χ1) is 14.3. The first-order valence-corrected chi connectivity index (χ1v) is 10.9. The molecular formula is C21H29F3N5O+. The van der Waals surface area contributed by atoms with E-state index in [1.807, 2.05) is 0 Å². The van der Waals surface area contributed by atoms with E-state index in [1.54, 1.807) is 4.68 Å². The monoisotopic (exact) mass is 424 g/mol. The summed E-state index contributed by atoms with van der Waals surface area (Å²) in [5.74, 6) is 0.662. The quantitative estimate of drug-likeness (QED) is 0.792. The molecule has 1 aliphatic carbocycles. The molecule has 1 saturated carbocycles. The number of halogens is 3. The maximum absolute atomic E-state index is 12.9. The molecule has 2 atom stereocenters. The molecule has 0 radical (unpaired) electrons. The number of carbonyl (C=O) groups is 1. The van der Waals surface area contributed by atoms with E-state index in [-0.39, 0.29) is 17.5 Å². The lowest BCUT2D eigenvalue weighted by molar-refractivity contribution is -0.897. The number of likely N-dealkylation sites (tertiary alicyclic amines) is 1. The molecule has 30 heavy (non-hydrogen) atoms. The average molecular weight is 424 g/mol. The van der Waals surface area contributed by atoms with Gasteiger partial charge in [-0.15, -0.1) is 5.10 Å². The Hall–Kier alpha value is -2.16. The lowest BCUT2D eigenvalue weighted by Gasteiger charge is -2.32. The molecule has 0 bridgehead atoms. The molecule has 1 aromatic heterocycles. The molecule has 2 aliphatic rings. The number of quaternary nitrogens is 1. The largest absolute Gasteiger partial charge is 0.416 e. The average Bonchev–Trinajstić information content (AvgIpc) is 3.13.